The monoisotopic (exact) mass is 586 g/mol. The first-order valence-corrected chi connectivity index (χ1v) is 12.4. The Balaban J connectivity index is 1.12. The molecule has 13 heteroatoms. The number of rotatable bonds is 9. The van der Waals surface area contributed by atoms with Gasteiger partial charge in [-0.1, -0.05) is 11.6 Å². The standard InChI is InChI=1S/C22H24BrClF4N2O5/c23-15-6-13(7-16(25)21(15)24)34-9-20(32)30-18-3-10-1-11(18)2-17(10)29-19(31)8-33-12-4-14(5-12)35-22(26,27)28/h6-7,10-12,14,17-18H,1-5,8-9H2,(H,29,31)(H,30,32)/t10-,11-,12?,14?,17+,18+/m1/s1. The smallest absolute Gasteiger partial charge is 0.484 e. The van der Waals surface area contributed by atoms with E-state index in [0.717, 1.165) is 12.5 Å². The number of hydrogen-bond acceptors (Lipinski definition) is 5. The van der Waals surface area contributed by atoms with Gasteiger partial charge in [0.05, 0.1) is 17.2 Å². The van der Waals surface area contributed by atoms with Gasteiger partial charge in [0.1, 0.15) is 18.2 Å². The van der Waals surface area contributed by atoms with E-state index in [2.05, 4.69) is 31.3 Å². The molecular weight excluding hydrogens is 564 g/mol. The first-order valence-electron chi connectivity index (χ1n) is 11.2. The van der Waals surface area contributed by atoms with Crippen LogP contribution in [0.5, 0.6) is 5.75 Å². The molecule has 0 saturated heterocycles. The Kier molecular flexibility index (Phi) is 8.14. The summed E-state index contributed by atoms with van der Waals surface area (Å²) in [7, 11) is 0. The van der Waals surface area contributed by atoms with E-state index >= 15 is 0 Å². The van der Waals surface area contributed by atoms with Crippen molar-refractivity contribution in [3.63, 3.8) is 0 Å². The van der Waals surface area contributed by atoms with E-state index in [9.17, 15) is 27.2 Å². The van der Waals surface area contributed by atoms with E-state index in [1.807, 2.05) is 0 Å². The molecule has 4 atom stereocenters. The second-order valence-corrected chi connectivity index (χ2v) is 10.4. The van der Waals surface area contributed by atoms with E-state index in [1.165, 1.54) is 6.07 Å². The third-order valence-corrected chi connectivity index (χ3v) is 7.92. The minimum atomic E-state index is -4.66. The predicted molar refractivity (Wildman–Crippen MR) is 119 cm³/mol. The quantitative estimate of drug-likeness (QED) is 0.336. The Morgan fingerprint density at radius 1 is 0.971 bits per heavy atom. The second-order valence-electron chi connectivity index (χ2n) is 9.15. The molecule has 0 aliphatic heterocycles. The molecule has 0 unspecified atom stereocenters. The average Bonchev–Trinajstić information content (AvgIpc) is 3.31. The van der Waals surface area contributed by atoms with Gasteiger partial charge in [0, 0.05) is 35.5 Å². The lowest BCUT2D eigenvalue weighted by atomic mass is 9.91. The predicted octanol–water partition coefficient (Wildman–Crippen LogP) is 4.10. The second kappa shape index (κ2) is 10.8. The number of fused-ring (bicyclic) bond motifs is 2. The Hall–Kier alpha value is -1.63. The molecule has 0 radical (unpaired) electrons. The summed E-state index contributed by atoms with van der Waals surface area (Å²) in [4.78, 5) is 24.5. The van der Waals surface area contributed by atoms with Crippen LogP contribution in [0.4, 0.5) is 17.6 Å². The Labute approximate surface area is 212 Å². The van der Waals surface area contributed by atoms with Gasteiger partial charge < -0.3 is 20.1 Å². The van der Waals surface area contributed by atoms with Crippen molar-refractivity contribution in [1.29, 1.82) is 0 Å². The highest BCUT2D eigenvalue weighted by Gasteiger charge is 2.47. The molecule has 4 rings (SSSR count). The summed E-state index contributed by atoms with van der Waals surface area (Å²) < 4.78 is 65.1. The van der Waals surface area contributed by atoms with Crippen molar-refractivity contribution in [3.8, 4) is 5.75 Å². The number of halogens is 6. The molecule has 3 aliphatic rings. The lowest BCUT2D eigenvalue weighted by Crippen LogP contribution is -2.48. The first kappa shape index (κ1) is 26.4. The van der Waals surface area contributed by atoms with Crippen molar-refractivity contribution in [2.45, 2.75) is 62.8 Å². The fourth-order valence-electron chi connectivity index (χ4n) is 5.02. The molecule has 1 aromatic carbocycles. The van der Waals surface area contributed by atoms with Crippen molar-refractivity contribution in [2.75, 3.05) is 13.2 Å². The topological polar surface area (TPSA) is 85.9 Å². The minimum Gasteiger partial charge on any atom is -0.484 e. The highest BCUT2D eigenvalue weighted by Crippen LogP contribution is 2.45. The lowest BCUT2D eigenvalue weighted by Gasteiger charge is -2.35. The molecule has 7 nitrogen and oxygen atoms in total. The summed E-state index contributed by atoms with van der Waals surface area (Å²) in [6.45, 7) is -0.481. The molecule has 2 amide bonds. The summed E-state index contributed by atoms with van der Waals surface area (Å²) >= 11 is 8.86. The fourth-order valence-corrected chi connectivity index (χ4v) is 5.55. The zero-order chi connectivity index (χ0) is 25.3. The third kappa shape index (κ3) is 6.99. The van der Waals surface area contributed by atoms with Crippen LogP contribution in [-0.4, -0.2) is 55.7 Å². The molecule has 0 spiro atoms. The molecule has 3 fully saturated rings. The maximum atomic E-state index is 13.7. The van der Waals surface area contributed by atoms with Crippen molar-refractivity contribution >= 4 is 39.3 Å². The van der Waals surface area contributed by atoms with Gasteiger partial charge in [-0.2, -0.15) is 0 Å². The first-order chi connectivity index (χ1) is 16.5. The Bertz CT molecular complexity index is 939. The number of benzene rings is 1. The van der Waals surface area contributed by atoms with Crippen LogP contribution in [-0.2, 0) is 19.1 Å². The fraction of sp³-hybridized carbons (Fsp3) is 0.636. The van der Waals surface area contributed by atoms with E-state index in [4.69, 9.17) is 21.1 Å². The molecule has 2 N–H and O–H groups in total. The maximum absolute atomic E-state index is 13.7. The van der Waals surface area contributed by atoms with Crippen LogP contribution in [0.2, 0.25) is 5.02 Å². The van der Waals surface area contributed by atoms with Gasteiger partial charge in [-0.05, 0) is 53.1 Å². The van der Waals surface area contributed by atoms with Gasteiger partial charge in [0.25, 0.3) is 5.91 Å². The van der Waals surface area contributed by atoms with Crippen molar-refractivity contribution in [3.05, 3.63) is 27.4 Å². The van der Waals surface area contributed by atoms with Gasteiger partial charge in [-0.3, -0.25) is 14.3 Å². The molecular formula is C22H24BrClF4N2O5. The summed E-state index contributed by atoms with van der Waals surface area (Å²) in [5, 5.41) is 5.82. The number of carbonyl (C=O) groups excluding carboxylic acids is 2. The highest BCUT2D eigenvalue weighted by atomic mass is 79.9. The number of alkyl halides is 3. The van der Waals surface area contributed by atoms with Crippen molar-refractivity contribution < 1.29 is 41.4 Å². The Morgan fingerprint density at radius 2 is 1.57 bits per heavy atom. The number of carbonyl (C=O) groups is 2. The van der Waals surface area contributed by atoms with E-state index < -0.39 is 24.4 Å². The van der Waals surface area contributed by atoms with Gasteiger partial charge in [-0.15, -0.1) is 13.2 Å². The van der Waals surface area contributed by atoms with E-state index in [0.29, 0.717) is 17.3 Å². The maximum Gasteiger partial charge on any atom is 0.522 e. The number of hydrogen-bond donors (Lipinski definition) is 2. The third-order valence-electron chi connectivity index (χ3n) is 6.68. The highest BCUT2D eigenvalue weighted by molar-refractivity contribution is 9.10. The molecule has 0 heterocycles. The summed E-state index contributed by atoms with van der Waals surface area (Å²) in [5.74, 6) is -0.684. The van der Waals surface area contributed by atoms with Crippen LogP contribution in [0.1, 0.15) is 32.1 Å². The SMILES string of the molecule is O=C(COc1cc(F)c(Cl)c(Br)c1)N[C@H]1C[C@H]2C[C@@H]1C[C@@H]2NC(=O)COC1CC(OC(F)(F)F)C1. The molecule has 2 bridgehead atoms. The molecule has 3 aliphatic carbocycles. The lowest BCUT2D eigenvalue weighted by molar-refractivity contribution is -0.357. The van der Waals surface area contributed by atoms with Gasteiger partial charge in [-0.25, -0.2) is 4.39 Å². The van der Waals surface area contributed by atoms with Gasteiger partial charge in [0.2, 0.25) is 5.91 Å². The van der Waals surface area contributed by atoms with Crippen LogP contribution in [0.3, 0.4) is 0 Å². The normalized spacial score (nSPS) is 29.5. The summed E-state index contributed by atoms with van der Waals surface area (Å²) in [5.41, 5.74) is 0. The van der Waals surface area contributed by atoms with Gasteiger partial charge >= 0.3 is 6.36 Å². The largest absolute Gasteiger partial charge is 0.522 e. The summed E-state index contributed by atoms with van der Waals surface area (Å²) in [6.07, 6.45) is -3.49. The van der Waals surface area contributed by atoms with E-state index in [-0.39, 0.29) is 72.6 Å². The van der Waals surface area contributed by atoms with Crippen LogP contribution in [0, 0.1) is 17.7 Å². The van der Waals surface area contributed by atoms with Gasteiger partial charge in [0.15, 0.2) is 6.61 Å². The van der Waals surface area contributed by atoms with Crippen LogP contribution < -0.4 is 15.4 Å². The summed E-state index contributed by atoms with van der Waals surface area (Å²) in [6, 6.07) is 2.52. The molecule has 35 heavy (non-hydrogen) atoms. The Morgan fingerprint density at radius 3 is 2.11 bits per heavy atom. The molecule has 194 valence electrons. The number of amides is 2. The molecule has 3 saturated carbocycles. The van der Waals surface area contributed by atoms with Crippen molar-refractivity contribution in [1.82, 2.24) is 10.6 Å². The number of nitrogens with one attached hydrogen (secondary N) is 2. The zero-order valence-corrected chi connectivity index (χ0v) is 20.7. The van der Waals surface area contributed by atoms with Crippen LogP contribution in [0.15, 0.2) is 16.6 Å². The number of ether oxygens (including phenoxy) is 3. The average molecular weight is 588 g/mol. The minimum absolute atomic E-state index is 0.0300. The van der Waals surface area contributed by atoms with Crippen LogP contribution in [0.25, 0.3) is 0 Å². The van der Waals surface area contributed by atoms with E-state index in [1.54, 1.807) is 0 Å². The zero-order valence-electron chi connectivity index (χ0n) is 18.4. The molecule has 0 aromatic heterocycles. The van der Waals surface area contributed by atoms with Crippen molar-refractivity contribution in [2.24, 2.45) is 11.8 Å². The molecule has 1 aromatic rings. The van der Waals surface area contributed by atoms with Crippen LogP contribution >= 0.6 is 27.5 Å².